The molecule has 0 aromatic rings. The molecule has 0 unspecified atom stereocenters. The third-order valence-corrected chi connectivity index (χ3v) is 2.36. The maximum atomic E-state index is 11.1. The molecule has 0 aromatic carbocycles. The molecule has 5 nitrogen and oxygen atoms in total. The predicted molar refractivity (Wildman–Crippen MR) is 48.5 cm³/mol. The monoisotopic (exact) mass is 201 g/mol. The molecule has 1 saturated heterocycles. The van der Waals surface area contributed by atoms with Gasteiger partial charge in [-0.25, -0.2) is 0 Å². The largest absolute Gasteiger partial charge is 0.469 e. The fraction of sp³-hybridized carbons (Fsp3) is 0.778. The highest BCUT2D eigenvalue weighted by atomic mass is 16.5. The molecule has 14 heavy (non-hydrogen) atoms. The Morgan fingerprint density at radius 3 is 2.86 bits per heavy atom. The SMILES string of the molecule is COC[C@@H]1CC(=O)N[C@@H]1CC(=O)OC. The minimum atomic E-state index is -0.307. The van der Waals surface area contributed by atoms with E-state index in [2.05, 4.69) is 10.1 Å². The van der Waals surface area contributed by atoms with E-state index in [1.54, 1.807) is 7.11 Å². The summed E-state index contributed by atoms with van der Waals surface area (Å²) in [5, 5.41) is 2.73. The number of hydrogen-bond acceptors (Lipinski definition) is 4. The Hall–Kier alpha value is -1.10. The van der Waals surface area contributed by atoms with Gasteiger partial charge in [-0.3, -0.25) is 9.59 Å². The van der Waals surface area contributed by atoms with Crippen LogP contribution in [0.4, 0.5) is 0 Å². The molecule has 0 spiro atoms. The zero-order valence-corrected chi connectivity index (χ0v) is 8.41. The van der Waals surface area contributed by atoms with Gasteiger partial charge in [0.2, 0.25) is 5.91 Å². The summed E-state index contributed by atoms with van der Waals surface area (Å²) in [5.74, 6) is -0.258. The molecule has 1 aliphatic rings. The van der Waals surface area contributed by atoms with Crippen LogP contribution < -0.4 is 5.32 Å². The third-order valence-electron chi connectivity index (χ3n) is 2.36. The van der Waals surface area contributed by atoms with E-state index in [-0.39, 0.29) is 30.3 Å². The van der Waals surface area contributed by atoms with Gasteiger partial charge in [-0.15, -0.1) is 0 Å². The Morgan fingerprint density at radius 1 is 1.57 bits per heavy atom. The molecule has 1 fully saturated rings. The van der Waals surface area contributed by atoms with Crippen molar-refractivity contribution in [2.75, 3.05) is 20.8 Å². The fourth-order valence-electron chi connectivity index (χ4n) is 1.63. The van der Waals surface area contributed by atoms with Crippen molar-refractivity contribution in [3.8, 4) is 0 Å². The van der Waals surface area contributed by atoms with Gasteiger partial charge < -0.3 is 14.8 Å². The van der Waals surface area contributed by atoms with Crippen molar-refractivity contribution in [2.24, 2.45) is 5.92 Å². The number of carbonyl (C=O) groups excluding carboxylic acids is 2. The summed E-state index contributed by atoms with van der Waals surface area (Å²) in [6.07, 6.45) is 0.645. The molecular formula is C9H15NO4. The molecule has 0 aromatic heterocycles. The number of carbonyl (C=O) groups is 2. The summed E-state index contributed by atoms with van der Waals surface area (Å²) < 4.78 is 9.52. The minimum Gasteiger partial charge on any atom is -0.469 e. The van der Waals surface area contributed by atoms with Crippen LogP contribution in [0.1, 0.15) is 12.8 Å². The van der Waals surface area contributed by atoms with Crippen LogP contribution in [0, 0.1) is 5.92 Å². The number of nitrogens with one attached hydrogen (secondary N) is 1. The second-order valence-electron chi connectivity index (χ2n) is 3.37. The van der Waals surface area contributed by atoms with Crippen molar-refractivity contribution in [3.05, 3.63) is 0 Å². The quantitative estimate of drug-likeness (QED) is 0.634. The van der Waals surface area contributed by atoms with Crippen molar-refractivity contribution < 1.29 is 19.1 Å². The Balaban J connectivity index is 2.48. The van der Waals surface area contributed by atoms with E-state index in [1.807, 2.05) is 0 Å². The van der Waals surface area contributed by atoms with Crippen LogP contribution in [-0.4, -0.2) is 38.7 Å². The van der Waals surface area contributed by atoms with Crippen LogP contribution in [0.2, 0.25) is 0 Å². The van der Waals surface area contributed by atoms with E-state index in [1.165, 1.54) is 7.11 Å². The maximum absolute atomic E-state index is 11.1. The molecule has 1 aliphatic heterocycles. The second kappa shape index (κ2) is 4.95. The summed E-state index contributed by atoms with van der Waals surface area (Å²) >= 11 is 0. The lowest BCUT2D eigenvalue weighted by Gasteiger charge is -2.16. The van der Waals surface area contributed by atoms with Gasteiger partial charge in [-0.05, 0) is 0 Å². The van der Waals surface area contributed by atoms with Gasteiger partial charge in [0.25, 0.3) is 0 Å². The van der Waals surface area contributed by atoms with E-state index in [4.69, 9.17) is 4.74 Å². The molecule has 1 rings (SSSR count). The minimum absolute atomic E-state index is 0.0269. The first-order valence-electron chi connectivity index (χ1n) is 4.52. The Bertz CT molecular complexity index is 229. The van der Waals surface area contributed by atoms with Crippen LogP contribution in [0.3, 0.4) is 0 Å². The number of amides is 1. The Morgan fingerprint density at radius 2 is 2.29 bits per heavy atom. The summed E-state index contributed by atoms with van der Waals surface area (Å²) in [6.45, 7) is 0.487. The number of ether oxygens (including phenoxy) is 2. The maximum Gasteiger partial charge on any atom is 0.307 e. The summed E-state index contributed by atoms with van der Waals surface area (Å²) in [6, 6.07) is -0.144. The first-order valence-corrected chi connectivity index (χ1v) is 4.52. The van der Waals surface area contributed by atoms with Crippen LogP contribution in [0.5, 0.6) is 0 Å². The number of methoxy groups -OCH3 is 2. The molecule has 1 heterocycles. The van der Waals surface area contributed by atoms with Gasteiger partial charge in [0.05, 0.1) is 20.1 Å². The smallest absolute Gasteiger partial charge is 0.307 e. The molecule has 0 aliphatic carbocycles. The third kappa shape index (κ3) is 2.70. The molecule has 1 amide bonds. The van der Waals surface area contributed by atoms with Crippen molar-refractivity contribution in [3.63, 3.8) is 0 Å². The Kier molecular flexibility index (Phi) is 3.88. The van der Waals surface area contributed by atoms with E-state index in [0.717, 1.165) is 0 Å². The van der Waals surface area contributed by atoms with Gasteiger partial charge >= 0.3 is 5.97 Å². The van der Waals surface area contributed by atoms with Gasteiger partial charge in [-0.2, -0.15) is 0 Å². The predicted octanol–water partition coefficient (Wildman–Crippen LogP) is -0.299. The Labute approximate surface area is 82.8 Å². The number of rotatable bonds is 4. The lowest BCUT2D eigenvalue weighted by molar-refractivity contribution is -0.141. The van der Waals surface area contributed by atoms with E-state index in [9.17, 15) is 9.59 Å². The number of hydrogen-bond donors (Lipinski definition) is 1. The van der Waals surface area contributed by atoms with Crippen LogP contribution in [0.25, 0.3) is 0 Å². The van der Waals surface area contributed by atoms with Gasteiger partial charge in [0.15, 0.2) is 0 Å². The normalized spacial score (nSPS) is 26.0. The first-order chi connectivity index (χ1) is 6.67. The molecule has 2 atom stereocenters. The topological polar surface area (TPSA) is 64.6 Å². The zero-order chi connectivity index (χ0) is 10.6. The van der Waals surface area contributed by atoms with Crippen LogP contribution in [-0.2, 0) is 19.1 Å². The van der Waals surface area contributed by atoms with E-state index < -0.39 is 0 Å². The van der Waals surface area contributed by atoms with E-state index >= 15 is 0 Å². The van der Waals surface area contributed by atoms with Crippen LogP contribution >= 0.6 is 0 Å². The van der Waals surface area contributed by atoms with Gasteiger partial charge in [0, 0.05) is 25.5 Å². The summed E-state index contributed by atoms with van der Waals surface area (Å²) in [4.78, 5) is 22.1. The molecule has 1 N–H and O–H groups in total. The molecule has 0 saturated carbocycles. The van der Waals surface area contributed by atoms with Crippen LogP contribution in [0.15, 0.2) is 0 Å². The standard InChI is InChI=1S/C9H15NO4/c1-13-5-6-3-8(11)10-7(6)4-9(12)14-2/h6-7H,3-5H2,1-2H3,(H,10,11)/t6-,7+/m0/s1. The highest BCUT2D eigenvalue weighted by Gasteiger charge is 2.33. The molecule has 5 heteroatoms. The zero-order valence-electron chi connectivity index (χ0n) is 8.41. The van der Waals surface area contributed by atoms with E-state index in [0.29, 0.717) is 13.0 Å². The molecule has 0 radical (unpaired) electrons. The highest BCUT2D eigenvalue weighted by molar-refractivity contribution is 5.80. The van der Waals surface area contributed by atoms with Crippen molar-refractivity contribution in [1.29, 1.82) is 0 Å². The molecule has 0 bridgehead atoms. The second-order valence-corrected chi connectivity index (χ2v) is 3.37. The van der Waals surface area contributed by atoms with Crippen molar-refractivity contribution in [2.45, 2.75) is 18.9 Å². The van der Waals surface area contributed by atoms with Gasteiger partial charge in [0.1, 0.15) is 0 Å². The lowest BCUT2D eigenvalue weighted by atomic mass is 9.99. The summed E-state index contributed by atoms with van der Waals surface area (Å²) in [7, 11) is 2.92. The summed E-state index contributed by atoms with van der Waals surface area (Å²) in [5.41, 5.74) is 0. The highest BCUT2D eigenvalue weighted by Crippen LogP contribution is 2.19. The first kappa shape index (κ1) is 11.0. The van der Waals surface area contributed by atoms with Gasteiger partial charge in [-0.1, -0.05) is 0 Å². The lowest BCUT2D eigenvalue weighted by Crippen LogP contribution is -2.33. The fourth-order valence-corrected chi connectivity index (χ4v) is 1.63. The van der Waals surface area contributed by atoms with Crippen molar-refractivity contribution >= 4 is 11.9 Å². The average molecular weight is 201 g/mol. The molecule has 80 valence electrons. The average Bonchev–Trinajstić information content (AvgIpc) is 2.47. The molecular weight excluding hydrogens is 186 g/mol. The number of esters is 1. The van der Waals surface area contributed by atoms with Crippen molar-refractivity contribution in [1.82, 2.24) is 5.32 Å².